The van der Waals surface area contributed by atoms with Gasteiger partial charge < -0.3 is 10.2 Å². The molecule has 0 spiro atoms. The summed E-state index contributed by atoms with van der Waals surface area (Å²) in [6, 6.07) is 0. The van der Waals surface area contributed by atoms with E-state index in [1.807, 2.05) is 0 Å². The van der Waals surface area contributed by atoms with Gasteiger partial charge in [-0.05, 0) is 24.8 Å². The lowest BCUT2D eigenvalue weighted by atomic mass is 9.94. The SMILES string of the molecule is C#CCCNC(=O)C[C@H]1CCCN(C(=O)C=C)C1. The Kier molecular flexibility index (Phi) is 5.99. The summed E-state index contributed by atoms with van der Waals surface area (Å²) < 4.78 is 0. The van der Waals surface area contributed by atoms with Crippen molar-refractivity contribution in [1.29, 1.82) is 0 Å². The molecule has 0 unspecified atom stereocenters. The summed E-state index contributed by atoms with van der Waals surface area (Å²) >= 11 is 0. The molecule has 0 aliphatic carbocycles. The molecule has 18 heavy (non-hydrogen) atoms. The van der Waals surface area contributed by atoms with Crippen molar-refractivity contribution >= 4 is 11.8 Å². The van der Waals surface area contributed by atoms with Crippen LogP contribution in [0.25, 0.3) is 0 Å². The number of terminal acetylenes is 1. The van der Waals surface area contributed by atoms with Crippen molar-refractivity contribution in [1.82, 2.24) is 10.2 Å². The lowest BCUT2D eigenvalue weighted by molar-refractivity contribution is -0.129. The van der Waals surface area contributed by atoms with E-state index in [9.17, 15) is 9.59 Å². The van der Waals surface area contributed by atoms with Crippen molar-refractivity contribution in [3.8, 4) is 12.3 Å². The molecule has 1 rings (SSSR count). The summed E-state index contributed by atoms with van der Waals surface area (Å²) in [5.74, 6) is 2.69. The molecule has 0 aromatic rings. The maximum Gasteiger partial charge on any atom is 0.245 e. The lowest BCUT2D eigenvalue weighted by Crippen LogP contribution is -2.40. The fourth-order valence-corrected chi connectivity index (χ4v) is 2.17. The van der Waals surface area contributed by atoms with Crippen molar-refractivity contribution < 1.29 is 9.59 Å². The molecule has 2 amide bonds. The van der Waals surface area contributed by atoms with Crippen molar-refractivity contribution in [2.24, 2.45) is 5.92 Å². The number of piperidine rings is 1. The smallest absolute Gasteiger partial charge is 0.245 e. The van der Waals surface area contributed by atoms with Gasteiger partial charge in [0.25, 0.3) is 0 Å². The summed E-state index contributed by atoms with van der Waals surface area (Å²) in [6.45, 7) is 5.42. The predicted molar refractivity (Wildman–Crippen MR) is 70.6 cm³/mol. The molecule has 1 fully saturated rings. The van der Waals surface area contributed by atoms with Crippen LogP contribution in [0.15, 0.2) is 12.7 Å². The molecule has 4 heteroatoms. The van der Waals surface area contributed by atoms with Crippen molar-refractivity contribution in [3.05, 3.63) is 12.7 Å². The first-order valence-electron chi connectivity index (χ1n) is 6.29. The van der Waals surface area contributed by atoms with Gasteiger partial charge in [0.15, 0.2) is 0 Å². The van der Waals surface area contributed by atoms with Crippen LogP contribution in [0.2, 0.25) is 0 Å². The molecule has 1 aliphatic heterocycles. The van der Waals surface area contributed by atoms with E-state index in [-0.39, 0.29) is 17.7 Å². The molecule has 0 bridgehead atoms. The number of carbonyl (C=O) groups is 2. The average molecular weight is 248 g/mol. The maximum atomic E-state index is 11.6. The first kappa shape index (κ1) is 14.3. The van der Waals surface area contributed by atoms with E-state index in [2.05, 4.69) is 17.8 Å². The Balaban J connectivity index is 2.33. The van der Waals surface area contributed by atoms with Crippen LogP contribution < -0.4 is 5.32 Å². The normalized spacial score (nSPS) is 18.8. The van der Waals surface area contributed by atoms with Gasteiger partial charge in [-0.3, -0.25) is 9.59 Å². The number of nitrogens with zero attached hydrogens (tertiary/aromatic N) is 1. The molecule has 98 valence electrons. The van der Waals surface area contributed by atoms with Crippen LogP contribution in [0.5, 0.6) is 0 Å². The Bertz CT molecular complexity index is 357. The van der Waals surface area contributed by atoms with E-state index in [0.717, 1.165) is 19.4 Å². The minimum atomic E-state index is -0.0487. The minimum Gasteiger partial charge on any atom is -0.355 e. The predicted octanol–water partition coefficient (Wildman–Crippen LogP) is 0.941. The van der Waals surface area contributed by atoms with Gasteiger partial charge in [0.2, 0.25) is 11.8 Å². The monoisotopic (exact) mass is 248 g/mol. The highest BCUT2D eigenvalue weighted by atomic mass is 16.2. The topological polar surface area (TPSA) is 49.4 Å². The highest BCUT2D eigenvalue weighted by Gasteiger charge is 2.23. The minimum absolute atomic E-state index is 0.0168. The quantitative estimate of drug-likeness (QED) is 0.447. The van der Waals surface area contributed by atoms with Gasteiger partial charge in [0.05, 0.1) is 0 Å². The summed E-state index contributed by atoms with van der Waals surface area (Å²) in [5, 5.41) is 2.78. The van der Waals surface area contributed by atoms with Crippen molar-refractivity contribution in [2.45, 2.75) is 25.7 Å². The second-order valence-electron chi connectivity index (χ2n) is 4.50. The summed E-state index contributed by atoms with van der Waals surface area (Å²) in [4.78, 5) is 24.9. The molecule has 0 aromatic carbocycles. The van der Waals surface area contributed by atoms with Crippen LogP contribution >= 0.6 is 0 Å². The number of rotatable bonds is 5. The zero-order valence-corrected chi connectivity index (χ0v) is 10.7. The Morgan fingerprint density at radius 3 is 3.00 bits per heavy atom. The number of hydrogen-bond donors (Lipinski definition) is 1. The Morgan fingerprint density at radius 1 is 1.56 bits per heavy atom. The third kappa shape index (κ3) is 4.62. The molecule has 1 heterocycles. The molecule has 4 nitrogen and oxygen atoms in total. The highest BCUT2D eigenvalue weighted by Crippen LogP contribution is 2.19. The molecule has 1 saturated heterocycles. The standard InChI is InChI=1S/C14H20N2O2/c1-3-5-8-15-13(17)10-12-7-6-9-16(11-12)14(18)4-2/h1,4,12H,2,5-11H2,(H,15,17)/t12-/m1/s1. The molecule has 0 radical (unpaired) electrons. The maximum absolute atomic E-state index is 11.6. The van der Waals surface area contributed by atoms with Crippen LogP contribution in [0.4, 0.5) is 0 Å². The van der Waals surface area contributed by atoms with Gasteiger partial charge in [0.1, 0.15) is 0 Å². The Morgan fingerprint density at radius 2 is 2.33 bits per heavy atom. The van der Waals surface area contributed by atoms with Gasteiger partial charge in [-0.15, -0.1) is 12.3 Å². The summed E-state index contributed by atoms with van der Waals surface area (Å²) in [7, 11) is 0. The van der Waals surface area contributed by atoms with Crippen LogP contribution in [0, 0.1) is 18.3 Å². The van der Waals surface area contributed by atoms with Crippen LogP contribution in [0.1, 0.15) is 25.7 Å². The van der Waals surface area contributed by atoms with E-state index < -0.39 is 0 Å². The zero-order chi connectivity index (χ0) is 13.4. The second-order valence-corrected chi connectivity index (χ2v) is 4.50. The Hall–Kier alpha value is -1.76. The number of carbonyl (C=O) groups excluding carboxylic acids is 2. The fraction of sp³-hybridized carbons (Fsp3) is 0.571. The van der Waals surface area contributed by atoms with Gasteiger partial charge in [-0.2, -0.15) is 0 Å². The van der Waals surface area contributed by atoms with Crippen molar-refractivity contribution in [3.63, 3.8) is 0 Å². The molecule has 0 saturated carbocycles. The highest BCUT2D eigenvalue weighted by molar-refractivity contribution is 5.87. The number of amides is 2. The third-order valence-electron chi connectivity index (χ3n) is 3.07. The third-order valence-corrected chi connectivity index (χ3v) is 3.07. The van der Waals surface area contributed by atoms with Crippen LogP contribution in [-0.4, -0.2) is 36.3 Å². The van der Waals surface area contributed by atoms with E-state index in [4.69, 9.17) is 6.42 Å². The molecule has 1 N–H and O–H groups in total. The van der Waals surface area contributed by atoms with Crippen molar-refractivity contribution in [2.75, 3.05) is 19.6 Å². The average Bonchev–Trinajstić information content (AvgIpc) is 2.38. The number of likely N-dealkylation sites (tertiary alicyclic amines) is 1. The van der Waals surface area contributed by atoms with Gasteiger partial charge in [-0.25, -0.2) is 0 Å². The largest absolute Gasteiger partial charge is 0.355 e. The van der Waals surface area contributed by atoms with Crippen LogP contribution in [-0.2, 0) is 9.59 Å². The number of hydrogen-bond acceptors (Lipinski definition) is 2. The van der Waals surface area contributed by atoms with Gasteiger partial charge in [-0.1, -0.05) is 6.58 Å². The molecular weight excluding hydrogens is 228 g/mol. The summed E-state index contributed by atoms with van der Waals surface area (Å²) in [6.07, 6.45) is 9.39. The number of nitrogens with one attached hydrogen (secondary N) is 1. The van der Waals surface area contributed by atoms with Crippen LogP contribution in [0.3, 0.4) is 0 Å². The fourth-order valence-electron chi connectivity index (χ4n) is 2.17. The molecule has 1 aliphatic rings. The van der Waals surface area contributed by atoms with E-state index in [1.54, 1.807) is 4.90 Å². The Labute approximate surface area is 108 Å². The first-order chi connectivity index (χ1) is 8.67. The van der Waals surface area contributed by atoms with E-state index in [0.29, 0.717) is 25.9 Å². The molecule has 0 aromatic heterocycles. The molecular formula is C14H20N2O2. The second kappa shape index (κ2) is 7.54. The summed E-state index contributed by atoms with van der Waals surface area (Å²) in [5.41, 5.74) is 0. The molecule has 1 atom stereocenters. The first-order valence-corrected chi connectivity index (χ1v) is 6.29. The zero-order valence-electron chi connectivity index (χ0n) is 10.7. The van der Waals surface area contributed by atoms with E-state index >= 15 is 0 Å². The van der Waals surface area contributed by atoms with E-state index in [1.165, 1.54) is 6.08 Å². The van der Waals surface area contributed by atoms with Gasteiger partial charge >= 0.3 is 0 Å². The lowest BCUT2D eigenvalue weighted by Gasteiger charge is -2.31. The van der Waals surface area contributed by atoms with Gasteiger partial charge in [0, 0.05) is 32.5 Å².